The Morgan fingerprint density at radius 3 is 3.27 bits per heavy atom. The fraction of sp³-hybridized carbons (Fsp3) is 0.625. The number of nitrogens with two attached hydrogens (primary N) is 1. The van der Waals surface area contributed by atoms with Crippen molar-refractivity contribution >= 4 is 0 Å². The topological polar surface area (TPSA) is 54.7 Å². The van der Waals surface area contributed by atoms with Crippen LogP contribution in [-0.2, 0) is 13.0 Å². The third-order valence-electron chi connectivity index (χ3n) is 2.48. The Hall–Kier alpha value is -0.830. The van der Waals surface area contributed by atoms with Crippen molar-refractivity contribution in [2.45, 2.75) is 32.2 Å². The molecule has 0 saturated heterocycles. The van der Waals surface area contributed by atoms with E-state index in [9.17, 15) is 0 Å². The number of rotatable bonds is 1. The van der Waals surface area contributed by atoms with Crippen LogP contribution < -0.4 is 5.73 Å². The predicted octanol–water partition coefficient (Wildman–Crippen LogP) is 0.918. The van der Waals surface area contributed by atoms with Gasteiger partial charge in [-0.15, -0.1) is 0 Å². The summed E-state index contributed by atoms with van der Waals surface area (Å²) in [7, 11) is 0. The zero-order chi connectivity index (χ0) is 7.84. The number of H-pyrrole nitrogens is 1. The molecule has 1 unspecified atom stereocenters. The molecule has 0 bridgehead atoms. The summed E-state index contributed by atoms with van der Waals surface area (Å²) in [5.74, 6) is 0.655. The second-order valence-corrected chi connectivity index (χ2v) is 3.21. The molecular weight excluding hydrogens is 138 g/mol. The fourth-order valence-electron chi connectivity index (χ4n) is 1.86. The van der Waals surface area contributed by atoms with Gasteiger partial charge in [0.2, 0.25) is 0 Å². The molecule has 3 N–H and O–H groups in total. The standard InChI is InChI=1S/C8H13N3/c1-5-2-3-6-8(5)7(4-9)11-10-6/h5H,2-4,9H2,1H3,(H,10,11). The number of aryl methyl sites for hydroxylation is 1. The van der Waals surface area contributed by atoms with Crippen molar-refractivity contribution in [2.75, 3.05) is 0 Å². The molecule has 0 aliphatic heterocycles. The molecule has 1 heterocycles. The minimum Gasteiger partial charge on any atom is -0.325 e. The smallest absolute Gasteiger partial charge is 0.0795 e. The van der Waals surface area contributed by atoms with Gasteiger partial charge in [0.1, 0.15) is 0 Å². The maximum absolute atomic E-state index is 5.55. The van der Waals surface area contributed by atoms with Gasteiger partial charge >= 0.3 is 0 Å². The Bertz CT molecular complexity index is 264. The predicted molar refractivity (Wildman–Crippen MR) is 43.2 cm³/mol. The number of fused-ring (bicyclic) bond motifs is 1. The zero-order valence-corrected chi connectivity index (χ0v) is 6.72. The van der Waals surface area contributed by atoms with E-state index in [1.54, 1.807) is 0 Å². The van der Waals surface area contributed by atoms with Crippen LogP contribution in [-0.4, -0.2) is 10.2 Å². The first-order valence-electron chi connectivity index (χ1n) is 4.09. The number of aromatic amines is 1. The minimum atomic E-state index is 0.566. The van der Waals surface area contributed by atoms with E-state index in [2.05, 4.69) is 17.1 Å². The molecule has 3 nitrogen and oxygen atoms in total. The molecule has 0 spiro atoms. The van der Waals surface area contributed by atoms with Crippen LogP contribution >= 0.6 is 0 Å². The molecule has 0 aromatic carbocycles. The Kier molecular flexibility index (Phi) is 1.46. The third-order valence-corrected chi connectivity index (χ3v) is 2.48. The van der Waals surface area contributed by atoms with E-state index in [0.29, 0.717) is 12.5 Å². The second-order valence-electron chi connectivity index (χ2n) is 3.21. The van der Waals surface area contributed by atoms with E-state index in [1.165, 1.54) is 17.7 Å². The van der Waals surface area contributed by atoms with Gasteiger partial charge in [0.15, 0.2) is 0 Å². The lowest BCUT2D eigenvalue weighted by atomic mass is 10.0. The van der Waals surface area contributed by atoms with E-state index in [-0.39, 0.29) is 0 Å². The van der Waals surface area contributed by atoms with Crippen LogP contribution in [0, 0.1) is 0 Å². The highest BCUT2D eigenvalue weighted by atomic mass is 15.1. The van der Waals surface area contributed by atoms with Gasteiger partial charge in [0, 0.05) is 17.8 Å². The molecule has 1 aliphatic rings. The normalized spacial score (nSPS) is 22.2. The summed E-state index contributed by atoms with van der Waals surface area (Å²) in [4.78, 5) is 0. The van der Waals surface area contributed by atoms with Crippen molar-refractivity contribution in [2.24, 2.45) is 5.73 Å². The Balaban J connectivity index is 2.46. The average molecular weight is 151 g/mol. The third kappa shape index (κ3) is 0.878. The summed E-state index contributed by atoms with van der Waals surface area (Å²) in [5, 5.41) is 7.19. The van der Waals surface area contributed by atoms with Crippen molar-refractivity contribution in [3.05, 3.63) is 17.0 Å². The van der Waals surface area contributed by atoms with Crippen LogP contribution in [0.1, 0.15) is 36.2 Å². The van der Waals surface area contributed by atoms with Gasteiger partial charge in [0.25, 0.3) is 0 Å². The van der Waals surface area contributed by atoms with Gasteiger partial charge in [-0.2, -0.15) is 5.10 Å². The summed E-state index contributed by atoms with van der Waals surface area (Å²) in [6.45, 7) is 2.80. The van der Waals surface area contributed by atoms with Gasteiger partial charge in [-0.25, -0.2) is 0 Å². The molecule has 1 aromatic rings. The molecule has 0 radical (unpaired) electrons. The lowest BCUT2D eigenvalue weighted by Gasteiger charge is -2.01. The Labute approximate surface area is 66.0 Å². The number of hydrogen-bond acceptors (Lipinski definition) is 2. The molecule has 1 aliphatic carbocycles. The molecule has 60 valence electrons. The van der Waals surface area contributed by atoms with Crippen LogP contribution in [0.15, 0.2) is 0 Å². The summed E-state index contributed by atoms with van der Waals surface area (Å²) >= 11 is 0. The van der Waals surface area contributed by atoms with E-state index < -0.39 is 0 Å². The first kappa shape index (κ1) is 6.85. The largest absolute Gasteiger partial charge is 0.325 e. The maximum atomic E-state index is 5.55. The summed E-state index contributed by atoms with van der Waals surface area (Å²) in [5.41, 5.74) is 9.29. The molecule has 2 rings (SSSR count). The summed E-state index contributed by atoms with van der Waals surface area (Å²) in [6, 6.07) is 0. The SMILES string of the molecule is CC1CCc2[nH]nc(CN)c21. The summed E-state index contributed by atoms with van der Waals surface area (Å²) in [6.07, 6.45) is 2.39. The van der Waals surface area contributed by atoms with Crippen molar-refractivity contribution < 1.29 is 0 Å². The molecule has 1 aromatic heterocycles. The van der Waals surface area contributed by atoms with Crippen molar-refractivity contribution in [1.29, 1.82) is 0 Å². The number of hydrogen-bond donors (Lipinski definition) is 2. The van der Waals surface area contributed by atoms with E-state index >= 15 is 0 Å². The van der Waals surface area contributed by atoms with E-state index in [1.807, 2.05) is 0 Å². The molecular formula is C8H13N3. The fourth-order valence-corrected chi connectivity index (χ4v) is 1.86. The molecule has 0 saturated carbocycles. The molecule has 0 amide bonds. The quantitative estimate of drug-likeness (QED) is 0.627. The highest BCUT2D eigenvalue weighted by Crippen LogP contribution is 2.33. The first-order valence-corrected chi connectivity index (χ1v) is 4.09. The molecule has 11 heavy (non-hydrogen) atoms. The minimum absolute atomic E-state index is 0.566. The average Bonchev–Trinajstić information content (AvgIpc) is 2.54. The molecule has 0 fully saturated rings. The maximum Gasteiger partial charge on any atom is 0.0795 e. The highest BCUT2D eigenvalue weighted by Gasteiger charge is 2.23. The zero-order valence-electron chi connectivity index (χ0n) is 6.72. The van der Waals surface area contributed by atoms with Gasteiger partial charge in [-0.1, -0.05) is 6.92 Å². The lowest BCUT2D eigenvalue weighted by molar-refractivity contribution is 0.720. The van der Waals surface area contributed by atoms with E-state index in [4.69, 9.17) is 5.73 Å². The van der Waals surface area contributed by atoms with Crippen LogP contribution in [0.25, 0.3) is 0 Å². The van der Waals surface area contributed by atoms with Crippen LogP contribution in [0.2, 0.25) is 0 Å². The van der Waals surface area contributed by atoms with Crippen molar-refractivity contribution in [1.82, 2.24) is 10.2 Å². The van der Waals surface area contributed by atoms with Crippen LogP contribution in [0.4, 0.5) is 0 Å². The van der Waals surface area contributed by atoms with Crippen LogP contribution in [0.5, 0.6) is 0 Å². The van der Waals surface area contributed by atoms with Crippen molar-refractivity contribution in [3.63, 3.8) is 0 Å². The van der Waals surface area contributed by atoms with Gasteiger partial charge < -0.3 is 5.73 Å². The highest BCUT2D eigenvalue weighted by molar-refractivity contribution is 5.33. The van der Waals surface area contributed by atoms with Crippen molar-refractivity contribution in [3.8, 4) is 0 Å². The summed E-state index contributed by atoms with van der Waals surface area (Å²) < 4.78 is 0. The molecule has 1 atom stereocenters. The Morgan fingerprint density at radius 1 is 1.73 bits per heavy atom. The molecule has 3 heteroatoms. The lowest BCUT2D eigenvalue weighted by Crippen LogP contribution is -2.01. The van der Waals surface area contributed by atoms with Crippen LogP contribution in [0.3, 0.4) is 0 Å². The second kappa shape index (κ2) is 2.34. The number of nitrogens with zero attached hydrogens (tertiary/aromatic N) is 1. The Morgan fingerprint density at radius 2 is 2.55 bits per heavy atom. The van der Waals surface area contributed by atoms with Gasteiger partial charge in [-0.3, -0.25) is 5.10 Å². The van der Waals surface area contributed by atoms with Gasteiger partial charge in [-0.05, 0) is 18.8 Å². The number of aromatic nitrogens is 2. The van der Waals surface area contributed by atoms with E-state index in [0.717, 1.165) is 12.1 Å². The first-order chi connectivity index (χ1) is 5.33. The monoisotopic (exact) mass is 151 g/mol. The van der Waals surface area contributed by atoms with Gasteiger partial charge in [0.05, 0.1) is 5.69 Å². The number of nitrogens with one attached hydrogen (secondary N) is 1.